The van der Waals surface area contributed by atoms with Crippen LogP contribution >= 0.6 is 11.6 Å². The first-order chi connectivity index (χ1) is 11.3. The van der Waals surface area contributed by atoms with Crippen LogP contribution in [-0.4, -0.2) is 28.4 Å². The molecule has 0 aromatic heterocycles. The highest BCUT2D eigenvalue weighted by molar-refractivity contribution is 6.30. The number of hydrogen-bond acceptors (Lipinski definition) is 3. The molecule has 24 heavy (non-hydrogen) atoms. The molecule has 1 unspecified atom stereocenters. The van der Waals surface area contributed by atoms with E-state index in [0.29, 0.717) is 17.9 Å². The second-order valence-corrected chi connectivity index (χ2v) is 6.59. The number of amides is 2. The molecule has 0 bridgehead atoms. The monoisotopic (exact) mass is 352 g/mol. The Morgan fingerprint density at radius 1 is 1.21 bits per heavy atom. The Balaban J connectivity index is 2.10. The van der Waals surface area contributed by atoms with Gasteiger partial charge in [-0.15, -0.1) is 0 Å². The third-order valence-corrected chi connectivity index (χ3v) is 4.54. The fourth-order valence-corrected chi connectivity index (χ4v) is 3.19. The van der Waals surface area contributed by atoms with Gasteiger partial charge in [-0.05, 0) is 30.5 Å². The van der Waals surface area contributed by atoms with Crippen molar-refractivity contribution in [1.29, 1.82) is 0 Å². The van der Waals surface area contributed by atoms with E-state index >= 15 is 0 Å². The molecule has 7 heteroatoms. The van der Waals surface area contributed by atoms with Crippen LogP contribution < -0.4 is 10.6 Å². The topological polar surface area (TPSA) is 95.5 Å². The van der Waals surface area contributed by atoms with Crippen LogP contribution in [0.1, 0.15) is 50.6 Å². The summed E-state index contributed by atoms with van der Waals surface area (Å²) in [6.07, 6.45) is 2.38. The van der Waals surface area contributed by atoms with E-state index in [0.717, 1.165) is 18.4 Å². The molecule has 1 aromatic carbocycles. The maximum Gasteiger partial charge on any atom is 0.329 e. The van der Waals surface area contributed by atoms with Crippen LogP contribution in [0.2, 0.25) is 5.02 Å². The average Bonchev–Trinajstić information content (AvgIpc) is 2.96. The molecule has 3 N–H and O–H groups in total. The first-order valence-electron chi connectivity index (χ1n) is 7.89. The summed E-state index contributed by atoms with van der Waals surface area (Å²) in [6, 6.07) is 6.29. The fourth-order valence-electron chi connectivity index (χ4n) is 3.07. The van der Waals surface area contributed by atoms with Crippen LogP contribution in [0.3, 0.4) is 0 Å². The van der Waals surface area contributed by atoms with Gasteiger partial charge in [0.1, 0.15) is 5.54 Å². The van der Waals surface area contributed by atoms with Gasteiger partial charge >= 0.3 is 5.97 Å². The van der Waals surface area contributed by atoms with Crippen molar-refractivity contribution in [2.45, 2.75) is 50.6 Å². The summed E-state index contributed by atoms with van der Waals surface area (Å²) in [7, 11) is 0. The summed E-state index contributed by atoms with van der Waals surface area (Å²) in [4.78, 5) is 35.3. The molecular formula is C17H21ClN2O4. The highest BCUT2D eigenvalue weighted by Gasteiger charge is 2.42. The molecule has 1 aliphatic rings. The van der Waals surface area contributed by atoms with Gasteiger partial charge in [0, 0.05) is 11.9 Å². The molecule has 0 radical (unpaired) electrons. The Morgan fingerprint density at radius 3 is 2.29 bits per heavy atom. The summed E-state index contributed by atoms with van der Waals surface area (Å²) in [5, 5.41) is 15.4. The fraction of sp³-hybridized carbons (Fsp3) is 0.471. The quantitative estimate of drug-likeness (QED) is 0.732. The molecule has 1 atom stereocenters. The summed E-state index contributed by atoms with van der Waals surface area (Å²) in [5.74, 6) is -1.67. The van der Waals surface area contributed by atoms with Crippen molar-refractivity contribution in [2.24, 2.45) is 0 Å². The summed E-state index contributed by atoms with van der Waals surface area (Å²) in [5.41, 5.74) is -0.446. The molecule has 0 saturated heterocycles. The maximum atomic E-state index is 12.4. The van der Waals surface area contributed by atoms with Crippen molar-refractivity contribution in [2.75, 3.05) is 0 Å². The number of carboxylic acid groups (broad SMARTS) is 1. The predicted octanol–water partition coefficient (Wildman–Crippen LogP) is 2.42. The second kappa shape index (κ2) is 7.66. The van der Waals surface area contributed by atoms with E-state index in [1.165, 1.54) is 6.92 Å². The van der Waals surface area contributed by atoms with Gasteiger partial charge in [-0.3, -0.25) is 9.59 Å². The van der Waals surface area contributed by atoms with Crippen molar-refractivity contribution < 1.29 is 19.5 Å². The van der Waals surface area contributed by atoms with Crippen LogP contribution in [-0.2, 0) is 14.4 Å². The molecule has 1 aliphatic carbocycles. The molecular weight excluding hydrogens is 332 g/mol. The van der Waals surface area contributed by atoms with Gasteiger partial charge in [-0.1, -0.05) is 36.6 Å². The molecule has 1 aromatic rings. The summed E-state index contributed by atoms with van der Waals surface area (Å²) < 4.78 is 0. The van der Waals surface area contributed by atoms with E-state index in [-0.39, 0.29) is 12.3 Å². The number of carbonyl (C=O) groups is 3. The third-order valence-electron chi connectivity index (χ3n) is 4.28. The summed E-state index contributed by atoms with van der Waals surface area (Å²) >= 11 is 5.86. The van der Waals surface area contributed by atoms with Gasteiger partial charge in [0.05, 0.1) is 12.5 Å². The lowest BCUT2D eigenvalue weighted by Gasteiger charge is -2.27. The Hall–Kier alpha value is -2.08. The zero-order valence-electron chi connectivity index (χ0n) is 13.5. The van der Waals surface area contributed by atoms with E-state index in [1.807, 2.05) is 0 Å². The van der Waals surface area contributed by atoms with E-state index in [1.54, 1.807) is 24.3 Å². The minimum atomic E-state index is -1.18. The minimum Gasteiger partial charge on any atom is -0.480 e. The number of aliphatic carboxylic acids is 1. The predicted molar refractivity (Wildman–Crippen MR) is 89.6 cm³/mol. The van der Waals surface area contributed by atoms with Gasteiger partial charge in [0.25, 0.3) is 0 Å². The lowest BCUT2D eigenvalue weighted by Crippen LogP contribution is -2.53. The second-order valence-electron chi connectivity index (χ2n) is 6.15. The molecule has 0 aliphatic heterocycles. The van der Waals surface area contributed by atoms with Gasteiger partial charge in [0.2, 0.25) is 11.8 Å². The molecule has 6 nitrogen and oxygen atoms in total. The number of rotatable bonds is 6. The molecule has 1 saturated carbocycles. The molecule has 1 fully saturated rings. The molecule has 0 heterocycles. The van der Waals surface area contributed by atoms with Crippen molar-refractivity contribution in [3.05, 3.63) is 34.9 Å². The third kappa shape index (κ3) is 4.47. The van der Waals surface area contributed by atoms with Crippen molar-refractivity contribution in [3.63, 3.8) is 0 Å². The number of halogens is 1. The van der Waals surface area contributed by atoms with Crippen LogP contribution in [0.4, 0.5) is 0 Å². The highest BCUT2D eigenvalue weighted by atomic mass is 35.5. The van der Waals surface area contributed by atoms with E-state index < -0.39 is 23.5 Å². The van der Waals surface area contributed by atoms with Crippen LogP contribution in [0.25, 0.3) is 0 Å². The Labute approximate surface area is 145 Å². The minimum absolute atomic E-state index is 0.0315. The van der Waals surface area contributed by atoms with E-state index in [4.69, 9.17) is 11.6 Å². The Kier molecular flexibility index (Phi) is 5.83. The first kappa shape index (κ1) is 18.3. The van der Waals surface area contributed by atoms with Crippen molar-refractivity contribution in [3.8, 4) is 0 Å². The highest BCUT2D eigenvalue weighted by Crippen LogP contribution is 2.30. The SMILES string of the molecule is CC(=O)NC(CC(=O)NC1(C(=O)O)CCCC1)c1ccc(Cl)cc1. The lowest BCUT2D eigenvalue weighted by molar-refractivity contribution is -0.147. The zero-order valence-corrected chi connectivity index (χ0v) is 14.2. The number of nitrogens with one attached hydrogen (secondary N) is 2. The van der Waals surface area contributed by atoms with Gasteiger partial charge in [-0.2, -0.15) is 0 Å². The van der Waals surface area contributed by atoms with Crippen LogP contribution in [0.15, 0.2) is 24.3 Å². The van der Waals surface area contributed by atoms with Crippen LogP contribution in [0.5, 0.6) is 0 Å². The van der Waals surface area contributed by atoms with E-state index in [2.05, 4.69) is 10.6 Å². The number of benzene rings is 1. The lowest BCUT2D eigenvalue weighted by atomic mass is 9.96. The van der Waals surface area contributed by atoms with Gasteiger partial charge in [0.15, 0.2) is 0 Å². The normalized spacial score (nSPS) is 17.1. The molecule has 2 amide bonds. The number of hydrogen-bond donors (Lipinski definition) is 3. The smallest absolute Gasteiger partial charge is 0.329 e. The van der Waals surface area contributed by atoms with Crippen molar-refractivity contribution in [1.82, 2.24) is 10.6 Å². The zero-order chi connectivity index (χ0) is 17.7. The average molecular weight is 353 g/mol. The first-order valence-corrected chi connectivity index (χ1v) is 8.27. The standard InChI is InChI=1S/C17H21ClN2O4/c1-11(21)19-14(12-4-6-13(18)7-5-12)10-15(22)20-17(16(23)24)8-2-3-9-17/h4-7,14H,2-3,8-10H2,1H3,(H,19,21)(H,20,22)(H,23,24). The molecule has 0 spiro atoms. The Bertz CT molecular complexity index is 624. The summed E-state index contributed by atoms with van der Waals surface area (Å²) in [6.45, 7) is 1.37. The Morgan fingerprint density at radius 2 is 1.79 bits per heavy atom. The number of carbonyl (C=O) groups excluding carboxylic acids is 2. The number of carboxylic acids is 1. The van der Waals surface area contributed by atoms with Gasteiger partial charge < -0.3 is 15.7 Å². The van der Waals surface area contributed by atoms with Crippen molar-refractivity contribution >= 4 is 29.4 Å². The molecule has 2 rings (SSSR count). The van der Waals surface area contributed by atoms with Gasteiger partial charge in [-0.25, -0.2) is 4.79 Å². The van der Waals surface area contributed by atoms with E-state index in [9.17, 15) is 19.5 Å². The van der Waals surface area contributed by atoms with Crippen LogP contribution in [0, 0.1) is 0 Å². The maximum absolute atomic E-state index is 12.4. The molecule has 130 valence electrons. The largest absolute Gasteiger partial charge is 0.480 e.